The molecule has 0 saturated heterocycles. The summed E-state index contributed by atoms with van der Waals surface area (Å²) in [5.74, 6) is -0.569. The normalized spacial score (nSPS) is 12.5. The Morgan fingerprint density at radius 2 is 2.46 bits per heavy atom. The largest absolute Gasteiger partial charge is 0.480 e. The van der Waals surface area contributed by atoms with E-state index < -0.39 is 12.0 Å². The van der Waals surface area contributed by atoms with E-state index in [0.717, 1.165) is 5.69 Å². The minimum absolute atomic E-state index is 0.164. The number of nitrogens with zero attached hydrogens (tertiary/aromatic N) is 2. The molecule has 13 heavy (non-hydrogen) atoms. The van der Waals surface area contributed by atoms with Gasteiger partial charge in [-0.05, 0) is 13.0 Å². The first-order chi connectivity index (χ1) is 6.09. The van der Waals surface area contributed by atoms with E-state index in [1.807, 2.05) is 6.92 Å². The molecule has 70 valence electrons. The second-order valence-electron chi connectivity index (χ2n) is 2.76. The standard InChI is InChI=1S/C8H11N3O2/c1-5-2-3-10-7(11-5)4-6(9)8(12)13/h2-3,6H,4,9H2,1H3,(H,12,13)/t6-/m0/s1. The third kappa shape index (κ3) is 2.79. The summed E-state index contributed by atoms with van der Waals surface area (Å²) in [7, 11) is 0. The SMILES string of the molecule is Cc1ccnc(C[C@H](N)C(=O)O)n1. The smallest absolute Gasteiger partial charge is 0.320 e. The molecule has 0 saturated carbocycles. The van der Waals surface area contributed by atoms with E-state index in [0.29, 0.717) is 5.82 Å². The molecule has 1 atom stereocenters. The fourth-order valence-electron chi connectivity index (χ4n) is 0.883. The zero-order valence-electron chi connectivity index (χ0n) is 7.27. The Balaban J connectivity index is 2.69. The molecule has 0 fully saturated rings. The Labute approximate surface area is 75.6 Å². The number of carbonyl (C=O) groups is 1. The van der Waals surface area contributed by atoms with Crippen LogP contribution in [0.3, 0.4) is 0 Å². The van der Waals surface area contributed by atoms with Crippen LogP contribution in [-0.4, -0.2) is 27.1 Å². The van der Waals surface area contributed by atoms with Crippen LogP contribution in [0.1, 0.15) is 11.5 Å². The highest BCUT2D eigenvalue weighted by atomic mass is 16.4. The van der Waals surface area contributed by atoms with E-state index in [1.54, 1.807) is 12.3 Å². The first-order valence-corrected chi connectivity index (χ1v) is 3.86. The minimum Gasteiger partial charge on any atom is -0.480 e. The van der Waals surface area contributed by atoms with Crippen LogP contribution in [0.4, 0.5) is 0 Å². The summed E-state index contributed by atoms with van der Waals surface area (Å²) in [5, 5.41) is 8.53. The maximum absolute atomic E-state index is 10.4. The number of aryl methyl sites for hydroxylation is 1. The number of carboxylic acids is 1. The third-order valence-corrected chi connectivity index (χ3v) is 1.56. The average molecular weight is 181 g/mol. The first kappa shape index (κ1) is 9.60. The van der Waals surface area contributed by atoms with Gasteiger partial charge in [-0.15, -0.1) is 0 Å². The number of hydrogen-bond acceptors (Lipinski definition) is 4. The van der Waals surface area contributed by atoms with Crippen molar-refractivity contribution < 1.29 is 9.90 Å². The topological polar surface area (TPSA) is 89.1 Å². The molecule has 1 heterocycles. The zero-order chi connectivity index (χ0) is 9.84. The molecule has 5 heteroatoms. The molecule has 0 amide bonds. The molecule has 1 aromatic heterocycles. The molecule has 0 aliphatic carbocycles. The van der Waals surface area contributed by atoms with Crippen LogP contribution in [0.5, 0.6) is 0 Å². The van der Waals surface area contributed by atoms with E-state index in [2.05, 4.69) is 9.97 Å². The van der Waals surface area contributed by atoms with Crippen LogP contribution >= 0.6 is 0 Å². The van der Waals surface area contributed by atoms with Crippen molar-refractivity contribution in [3.8, 4) is 0 Å². The number of aliphatic carboxylic acids is 1. The van der Waals surface area contributed by atoms with Gasteiger partial charge < -0.3 is 10.8 Å². The van der Waals surface area contributed by atoms with E-state index in [-0.39, 0.29) is 6.42 Å². The fourth-order valence-corrected chi connectivity index (χ4v) is 0.883. The fraction of sp³-hybridized carbons (Fsp3) is 0.375. The van der Waals surface area contributed by atoms with Gasteiger partial charge in [-0.25, -0.2) is 9.97 Å². The summed E-state index contributed by atoms with van der Waals surface area (Å²) >= 11 is 0. The van der Waals surface area contributed by atoms with E-state index in [4.69, 9.17) is 10.8 Å². The number of nitrogens with two attached hydrogens (primary N) is 1. The summed E-state index contributed by atoms with van der Waals surface area (Å²) in [5.41, 5.74) is 6.13. The Kier molecular flexibility index (Phi) is 2.92. The van der Waals surface area contributed by atoms with Gasteiger partial charge in [0.05, 0.1) is 0 Å². The molecule has 0 aromatic carbocycles. The highest BCUT2D eigenvalue weighted by Gasteiger charge is 2.13. The molecule has 1 aromatic rings. The number of aromatic nitrogens is 2. The van der Waals surface area contributed by atoms with Crippen molar-refractivity contribution in [2.75, 3.05) is 0 Å². The van der Waals surface area contributed by atoms with Gasteiger partial charge in [-0.3, -0.25) is 4.79 Å². The molecular formula is C8H11N3O2. The molecule has 0 spiro atoms. The molecule has 0 unspecified atom stereocenters. The van der Waals surface area contributed by atoms with Crippen LogP contribution in [0, 0.1) is 6.92 Å². The second kappa shape index (κ2) is 3.95. The summed E-state index contributed by atoms with van der Waals surface area (Å²) in [4.78, 5) is 18.4. The van der Waals surface area contributed by atoms with Gasteiger partial charge in [0.15, 0.2) is 0 Å². The van der Waals surface area contributed by atoms with Crippen molar-refractivity contribution in [1.82, 2.24) is 9.97 Å². The van der Waals surface area contributed by atoms with Crippen molar-refractivity contribution >= 4 is 5.97 Å². The zero-order valence-corrected chi connectivity index (χ0v) is 7.27. The van der Waals surface area contributed by atoms with E-state index >= 15 is 0 Å². The summed E-state index contributed by atoms with van der Waals surface area (Å²) in [6, 6.07) is 0.817. The van der Waals surface area contributed by atoms with Crippen molar-refractivity contribution in [1.29, 1.82) is 0 Å². The molecule has 0 bridgehead atoms. The highest BCUT2D eigenvalue weighted by Crippen LogP contribution is 1.96. The lowest BCUT2D eigenvalue weighted by atomic mass is 10.2. The lowest BCUT2D eigenvalue weighted by Gasteiger charge is -2.04. The van der Waals surface area contributed by atoms with Gasteiger partial charge in [-0.1, -0.05) is 0 Å². The van der Waals surface area contributed by atoms with E-state index in [1.165, 1.54) is 0 Å². The molecule has 0 radical (unpaired) electrons. The van der Waals surface area contributed by atoms with Crippen molar-refractivity contribution in [2.24, 2.45) is 5.73 Å². The molecule has 0 aliphatic heterocycles. The predicted octanol–water partition coefficient (Wildman–Crippen LogP) is -0.261. The predicted molar refractivity (Wildman–Crippen MR) is 46.1 cm³/mol. The summed E-state index contributed by atoms with van der Waals surface area (Å²) in [6.45, 7) is 1.82. The molecular weight excluding hydrogens is 170 g/mol. The Morgan fingerprint density at radius 1 is 1.77 bits per heavy atom. The van der Waals surface area contributed by atoms with Crippen molar-refractivity contribution in [3.63, 3.8) is 0 Å². The first-order valence-electron chi connectivity index (χ1n) is 3.86. The van der Waals surface area contributed by atoms with Crippen LogP contribution < -0.4 is 5.73 Å². The Morgan fingerprint density at radius 3 is 3.00 bits per heavy atom. The quantitative estimate of drug-likeness (QED) is 0.670. The van der Waals surface area contributed by atoms with Gasteiger partial charge >= 0.3 is 5.97 Å². The second-order valence-corrected chi connectivity index (χ2v) is 2.76. The molecule has 0 aliphatic rings. The number of carboxylic acid groups (broad SMARTS) is 1. The van der Waals surface area contributed by atoms with Crippen LogP contribution in [0.15, 0.2) is 12.3 Å². The average Bonchev–Trinajstić information content (AvgIpc) is 2.04. The van der Waals surface area contributed by atoms with Crippen LogP contribution in [0.25, 0.3) is 0 Å². The Hall–Kier alpha value is -1.49. The van der Waals surface area contributed by atoms with Gasteiger partial charge in [0, 0.05) is 18.3 Å². The summed E-state index contributed by atoms with van der Waals surface area (Å²) < 4.78 is 0. The lowest BCUT2D eigenvalue weighted by Crippen LogP contribution is -2.32. The van der Waals surface area contributed by atoms with Crippen LogP contribution in [-0.2, 0) is 11.2 Å². The van der Waals surface area contributed by atoms with E-state index in [9.17, 15) is 4.79 Å². The maximum atomic E-state index is 10.4. The lowest BCUT2D eigenvalue weighted by molar-refractivity contribution is -0.138. The van der Waals surface area contributed by atoms with Crippen molar-refractivity contribution in [2.45, 2.75) is 19.4 Å². The molecule has 3 N–H and O–H groups in total. The highest BCUT2D eigenvalue weighted by molar-refractivity contribution is 5.73. The molecule has 5 nitrogen and oxygen atoms in total. The van der Waals surface area contributed by atoms with Gasteiger partial charge in [0.1, 0.15) is 11.9 Å². The van der Waals surface area contributed by atoms with Crippen LogP contribution in [0.2, 0.25) is 0 Å². The van der Waals surface area contributed by atoms with Gasteiger partial charge in [0.25, 0.3) is 0 Å². The Bertz CT molecular complexity index is 314. The maximum Gasteiger partial charge on any atom is 0.320 e. The molecule has 1 rings (SSSR count). The monoisotopic (exact) mass is 181 g/mol. The summed E-state index contributed by atoms with van der Waals surface area (Å²) in [6.07, 6.45) is 1.75. The number of rotatable bonds is 3. The van der Waals surface area contributed by atoms with Gasteiger partial charge in [-0.2, -0.15) is 0 Å². The minimum atomic E-state index is -1.04. The van der Waals surface area contributed by atoms with Crippen molar-refractivity contribution in [3.05, 3.63) is 23.8 Å². The number of hydrogen-bond donors (Lipinski definition) is 2. The van der Waals surface area contributed by atoms with Gasteiger partial charge in [0.2, 0.25) is 0 Å². The third-order valence-electron chi connectivity index (χ3n) is 1.56.